The van der Waals surface area contributed by atoms with Crippen LogP contribution in [0.5, 0.6) is 0 Å². The first kappa shape index (κ1) is 17.2. The molecule has 0 fully saturated rings. The summed E-state index contributed by atoms with van der Waals surface area (Å²) in [6.45, 7) is 6.27. The van der Waals surface area contributed by atoms with Gasteiger partial charge in [0.05, 0.1) is 6.61 Å². The van der Waals surface area contributed by atoms with E-state index < -0.39 is 0 Å². The van der Waals surface area contributed by atoms with Gasteiger partial charge in [-0.15, -0.1) is 0 Å². The first-order valence-electron chi connectivity index (χ1n) is 7.51. The van der Waals surface area contributed by atoms with E-state index in [4.69, 9.17) is 4.74 Å². The molecule has 0 radical (unpaired) electrons. The number of carbonyl (C=O) groups is 1. The van der Waals surface area contributed by atoms with E-state index in [0.717, 1.165) is 25.7 Å². The second kappa shape index (κ2) is 9.94. The zero-order chi connectivity index (χ0) is 14.8. The lowest BCUT2D eigenvalue weighted by atomic mass is 9.96. The molecule has 0 unspecified atom stereocenters. The predicted molar refractivity (Wildman–Crippen MR) is 84.9 cm³/mol. The predicted octanol–water partition coefficient (Wildman–Crippen LogP) is 3.94. The van der Waals surface area contributed by atoms with E-state index in [1.165, 1.54) is 5.56 Å². The van der Waals surface area contributed by atoms with Crippen LogP contribution in [0.1, 0.15) is 45.1 Å². The van der Waals surface area contributed by atoms with Crippen molar-refractivity contribution < 1.29 is 9.53 Å². The Hall–Kier alpha value is -0.870. The van der Waals surface area contributed by atoms with Gasteiger partial charge in [0.25, 0.3) is 0 Å². The molecule has 0 aromatic carbocycles. The van der Waals surface area contributed by atoms with Crippen LogP contribution in [-0.2, 0) is 16.1 Å². The number of thiophene rings is 1. The number of carbonyl (C=O) groups excluding carboxylic acids is 1. The third-order valence-corrected chi connectivity index (χ3v) is 4.19. The van der Waals surface area contributed by atoms with Gasteiger partial charge in [0, 0.05) is 26.1 Å². The number of rotatable bonds is 10. The van der Waals surface area contributed by atoms with Crippen LogP contribution in [0.4, 0.5) is 0 Å². The van der Waals surface area contributed by atoms with Gasteiger partial charge in [0.15, 0.2) is 0 Å². The molecule has 0 aliphatic carbocycles. The number of amides is 1. The number of hydrogen-bond donors (Lipinski definition) is 0. The van der Waals surface area contributed by atoms with Crippen LogP contribution in [-0.4, -0.2) is 31.1 Å². The summed E-state index contributed by atoms with van der Waals surface area (Å²) in [5.74, 6) is 0.456. The minimum Gasteiger partial charge on any atom is -0.383 e. The van der Waals surface area contributed by atoms with E-state index in [9.17, 15) is 4.79 Å². The Labute approximate surface area is 126 Å². The molecule has 0 N–H and O–H groups in total. The third-order valence-electron chi connectivity index (χ3n) is 3.45. The molecule has 0 aliphatic rings. The monoisotopic (exact) mass is 297 g/mol. The largest absolute Gasteiger partial charge is 0.383 e. The van der Waals surface area contributed by atoms with Crippen molar-refractivity contribution in [2.45, 2.75) is 46.1 Å². The molecule has 114 valence electrons. The Balaban J connectivity index is 2.70. The van der Waals surface area contributed by atoms with Crippen molar-refractivity contribution in [3.63, 3.8) is 0 Å². The van der Waals surface area contributed by atoms with Crippen LogP contribution in [0.25, 0.3) is 0 Å². The van der Waals surface area contributed by atoms with Crippen molar-refractivity contribution in [1.29, 1.82) is 0 Å². The summed E-state index contributed by atoms with van der Waals surface area (Å²) in [6, 6.07) is 2.09. The number of ether oxygens (including phenoxy) is 1. The molecule has 4 heteroatoms. The molecule has 0 saturated heterocycles. The summed E-state index contributed by atoms with van der Waals surface area (Å²) >= 11 is 1.68. The maximum absolute atomic E-state index is 12.7. The van der Waals surface area contributed by atoms with Crippen molar-refractivity contribution in [2.75, 3.05) is 20.3 Å². The molecule has 0 atom stereocenters. The second-order valence-corrected chi connectivity index (χ2v) is 5.94. The van der Waals surface area contributed by atoms with Crippen molar-refractivity contribution >= 4 is 17.2 Å². The van der Waals surface area contributed by atoms with Gasteiger partial charge in [-0.1, -0.05) is 26.7 Å². The highest BCUT2D eigenvalue weighted by Crippen LogP contribution is 2.19. The molecular weight excluding hydrogens is 270 g/mol. The van der Waals surface area contributed by atoms with Crippen molar-refractivity contribution in [2.24, 2.45) is 5.92 Å². The summed E-state index contributed by atoms with van der Waals surface area (Å²) < 4.78 is 5.15. The van der Waals surface area contributed by atoms with E-state index in [0.29, 0.717) is 19.7 Å². The van der Waals surface area contributed by atoms with E-state index in [1.54, 1.807) is 18.4 Å². The van der Waals surface area contributed by atoms with E-state index >= 15 is 0 Å². The third kappa shape index (κ3) is 5.63. The topological polar surface area (TPSA) is 29.5 Å². The highest BCUT2D eigenvalue weighted by atomic mass is 32.1. The van der Waals surface area contributed by atoms with Crippen molar-refractivity contribution in [3.8, 4) is 0 Å². The highest BCUT2D eigenvalue weighted by Gasteiger charge is 2.23. The number of methoxy groups -OCH3 is 1. The molecule has 0 spiro atoms. The maximum Gasteiger partial charge on any atom is 0.226 e. The molecule has 3 nitrogen and oxygen atoms in total. The van der Waals surface area contributed by atoms with E-state index in [-0.39, 0.29) is 11.8 Å². The molecule has 1 amide bonds. The Morgan fingerprint density at radius 3 is 2.55 bits per heavy atom. The molecule has 0 saturated carbocycles. The normalized spacial score (nSPS) is 11.0. The Morgan fingerprint density at radius 1 is 1.35 bits per heavy atom. The molecule has 1 aromatic rings. The summed E-state index contributed by atoms with van der Waals surface area (Å²) in [7, 11) is 1.68. The minimum atomic E-state index is 0.167. The molecule has 20 heavy (non-hydrogen) atoms. The molecular formula is C16H27NO2S. The fourth-order valence-corrected chi connectivity index (χ4v) is 3.08. The van der Waals surface area contributed by atoms with Gasteiger partial charge in [0.1, 0.15) is 0 Å². The van der Waals surface area contributed by atoms with Crippen LogP contribution in [0.15, 0.2) is 16.8 Å². The van der Waals surface area contributed by atoms with Crippen LogP contribution in [0, 0.1) is 5.92 Å². The quantitative estimate of drug-likeness (QED) is 0.654. The highest BCUT2D eigenvalue weighted by molar-refractivity contribution is 7.07. The zero-order valence-electron chi connectivity index (χ0n) is 12.9. The fourth-order valence-electron chi connectivity index (χ4n) is 2.42. The SMILES string of the molecule is CCCC(CCC)C(=O)N(CCOC)Cc1ccsc1. The van der Waals surface area contributed by atoms with Gasteiger partial charge in [-0.05, 0) is 35.2 Å². The molecule has 1 heterocycles. The van der Waals surface area contributed by atoms with Gasteiger partial charge in [-0.25, -0.2) is 0 Å². The first-order chi connectivity index (χ1) is 9.72. The Bertz CT molecular complexity index is 359. The minimum absolute atomic E-state index is 0.167. The van der Waals surface area contributed by atoms with Gasteiger partial charge < -0.3 is 9.64 Å². The summed E-state index contributed by atoms with van der Waals surface area (Å²) in [5.41, 5.74) is 1.21. The lowest BCUT2D eigenvalue weighted by molar-refractivity contribution is -0.137. The molecule has 1 aromatic heterocycles. The standard InChI is InChI=1S/C16H27NO2S/c1-4-6-15(7-5-2)16(18)17(9-10-19-3)12-14-8-11-20-13-14/h8,11,13,15H,4-7,9-10,12H2,1-3H3. The Kier molecular flexibility index (Phi) is 8.54. The fraction of sp³-hybridized carbons (Fsp3) is 0.688. The van der Waals surface area contributed by atoms with E-state index in [1.807, 2.05) is 4.90 Å². The summed E-state index contributed by atoms with van der Waals surface area (Å²) in [5, 5.41) is 4.17. The second-order valence-electron chi connectivity index (χ2n) is 5.16. The van der Waals surface area contributed by atoms with Gasteiger partial charge in [-0.2, -0.15) is 11.3 Å². The Morgan fingerprint density at radius 2 is 2.05 bits per heavy atom. The van der Waals surface area contributed by atoms with Crippen molar-refractivity contribution in [1.82, 2.24) is 4.90 Å². The summed E-state index contributed by atoms with van der Waals surface area (Å²) in [6.07, 6.45) is 4.10. The molecule has 0 bridgehead atoms. The van der Waals surface area contributed by atoms with Crippen LogP contribution < -0.4 is 0 Å². The van der Waals surface area contributed by atoms with Crippen LogP contribution >= 0.6 is 11.3 Å². The average molecular weight is 297 g/mol. The van der Waals surface area contributed by atoms with E-state index in [2.05, 4.69) is 30.7 Å². The van der Waals surface area contributed by atoms with Gasteiger partial charge >= 0.3 is 0 Å². The first-order valence-corrected chi connectivity index (χ1v) is 8.45. The lowest BCUT2D eigenvalue weighted by Gasteiger charge is -2.27. The maximum atomic E-state index is 12.7. The molecule has 0 aliphatic heterocycles. The van der Waals surface area contributed by atoms with Gasteiger partial charge in [0.2, 0.25) is 5.91 Å². The van der Waals surface area contributed by atoms with Gasteiger partial charge in [-0.3, -0.25) is 4.79 Å². The smallest absolute Gasteiger partial charge is 0.226 e. The average Bonchev–Trinajstić information content (AvgIpc) is 2.95. The van der Waals surface area contributed by atoms with Crippen LogP contribution in [0.2, 0.25) is 0 Å². The van der Waals surface area contributed by atoms with Crippen LogP contribution in [0.3, 0.4) is 0 Å². The zero-order valence-corrected chi connectivity index (χ0v) is 13.7. The molecule has 1 rings (SSSR count). The lowest BCUT2D eigenvalue weighted by Crippen LogP contribution is -2.37. The van der Waals surface area contributed by atoms with Crippen molar-refractivity contribution in [3.05, 3.63) is 22.4 Å². The summed E-state index contributed by atoms with van der Waals surface area (Å²) in [4.78, 5) is 14.7. The number of nitrogens with zero attached hydrogens (tertiary/aromatic N) is 1. The number of hydrogen-bond acceptors (Lipinski definition) is 3.